The van der Waals surface area contributed by atoms with Gasteiger partial charge in [0.15, 0.2) is 6.61 Å². The average molecular weight is 324 g/mol. The summed E-state index contributed by atoms with van der Waals surface area (Å²) in [5.41, 5.74) is 3.23. The van der Waals surface area contributed by atoms with Crippen molar-refractivity contribution in [2.45, 2.75) is 0 Å². The van der Waals surface area contributed by atoms with E-state index in [4.69, 9.17) is 10.00 Å². The number of nitro benzene ring substituents is 1. The fourth-order valence-corrected chi connectivity index (χ4v) is 1.73. The van der Waals surface area contributed by atoms with Gasteiger partial charge in [0.25, 0.3) is 11.6 Å². The molecule has 0 radical (unpaired) electrons. The number of carbonyl (C=O) groups is 1. The van der Waals surface area contributed by atoms with Crippen molar-refractivity contribution in [3.8, 4) is 11.8 Å². The van der Waals surface area contributed by atoms with Gasteiger partial charge in [0.1, 0.15) is 11.8 Å². The summed E-state index contributed by atoms with van der Waals surface area (Å²) in [6, 6.07) is 13.9. The lowest BCUT2D eigenvalue weighted by molar-refractivity contribution is -0.384. The SMILES string of the molecule is N#CCOc1ccc(/C=N\NC(=O)c2ccc([N+](=O)[O-])cc2)cc1. The Morgan fingerprint density at radius 3 is 2.50 bits per heavy atom. The van der Waals surface area contributed by atoms with E-state index >= 15 is 0 Å². The minimum atomic E-state index is -0.538. The molecule has 0 aliphatic carbocycles. The monoisotopic (exact) mass is 324 g/mol. The Hall–Kier alpha value is -3.73. The molecule has 0 aromatic heterocycles. The molecule has 0 heterocycles. The number of hydrogen-bond acceptors (Lipinski definition) is 6. The molecule has 120 valence electrons. The van der Waals surface area contributed by atoms with Gasteiger partial charge in [-0.3, -0.25) is 14.9 Å². The maximum absolute atomic E-state index is 11.8. The maximum atomic E-state index is 11.8. The molecule has 2 aromatic carbocycles. The molecule has 1 amide bonds. The third kappa shape index (κ3) is 4.64. The molecule has 1 N–H and O–H groups in total. The van der Waals surface area contributed by atoms with Crippen molar-refractivity contribution in [2.24, 2.45) is 5.10 Å². The Kier molecular flexibility index (Phi) is 5.58. The number of non-ortho nitro benzene ring substituents is 1. The van der Waals surface area contributed by atoms with Crippen molar-refractivity contribution in [3.05, 3.63) is 69.8 Å². The van der Waals surface area contributed by atoms with E-state index in [-0.39, 0.29) is 17.9 Å². The summed E-state index contributed by atoms with van der Waals surface area (Å²) in [6.07, 6.45) is 1.44. The van der Waals surface area contributed by atoms with Crippen LogP contribution in [0.25, 0.3) is 0 Å². The molecule has 0 saturated carbocycles. The summed E-state index contributed by atoms with van der Waals surface area (Å²) in [5.74, 6) is 0.0822. The summed E-state index contributed by atoms with van der Waals surface area (Å²) < 4.78 is 5.11. The first-order chi connectivity index (χ1) is 11.6. The van der Waals surface area contributed by atoms with Gasteiger partial charge in [0.2, 0.25) is 0 Å². The zero-order chi connectivity index (χ0) is 17.4. The summed E-state index contributed by atoms with van der Waals surface area (Å²) in [6.45, 7) is -0.0290. The van der Waals surface area contributed by atoms with E-state index in [1.165, 1.54) is 30.5 Å². The van der Waals surface area contributed by atoms with Gasteiger partial charge in [-0.25, -0.2) is 5.43 Å². The lowest BCUT2D eigenvalue weighted by atomic mass is 10.2. The van der Waals surface area contributed by atoms with Gasteiger partial charge < -0.3 is 4.74 Å². The number of amides is 1. The minimum Gasteiger partial charge on any atom is -0.479 e. The molecule has 24 heavy (non-hydrogen) atoms. The van der Waals surface area contributed by atoms with Crippen LogP contribution < -0.4 is 10.2 Å². The number of benzene rings is 2. The molecule has 0 aliphatic rings. The molecular formula is C16H12N4O4. The number of hydrogen-bond donors (Lipinski definition) is 1. The standard InChI is InChI=1S/C16H12N4O4/c17-9-10-24-15-7-1-12(2-8-15)11-18-19-16(21)13-3-5-14(6-4-13)20(22)23/h1-8,11H,10H2,(H,19,21)/b18-11-. The second-order valence-electron chi connectivity index (χ2n) is 4.52. The second kappa shape index (κ2) is 8.05. The summed E-state index contributed by atoms with van der Waals surface area (Å²) >= 11 is 0. The molecule has 0 saturated heterocycles. The van der Waals surface area contributed by atoms with Gasteiger partial charge in [-0.05, 0) is 42.0 Å². The fraction of sp³-hybridized carbons (Fsp3) is 0.0625. The van der Waals surface area contributed by atoms with Crippen LogP contribution in [0.1, 0.15) is 15.9 Å². The predicted octanol–water partition coefficient (Wildman–Crippen LogP) is 2.26. The number of hydrazone groups is 1. The summed E-state index contributed by atoms with van der Waals surface area (Å²) in [4.78, 5) is 21.9. The number of rotatable bonds is 6. The largest absolute Gasteiger partial charge is 0.479 e. The third-order valence-electron chi connectivity index (χ3n) is 2.90. The van der Waals surface area contributed by atoms with E-state index in [1.54, 1.807) is 24.3 Å². The lowest BCUT2D eigenvalue weighted by Gasteiger charge is -2.01. The zero-order valence-electron chi connectivity index (χ0n) is 12.4. The van der Waals surface area contributed by atoms with Crippen LogP contribution >= 0.6 is 0 Å². The molecule has 8 nitrogen and oxygen atoms in total. The van der Waals surface area contributed by atoms with Crippen LogP contribution in [0.2, 0.25) is 0 Å². The molecule has 0 atom stereocenters. The lowest BCUT2D eigenvalue weighted by Crippen LogP contribution is -2.17. The predicted molar refractivity (Wildman–Crippen MR) is 85.7 cm³/mol. The van der Waals surface area contributed by atoms with Crippen LogP contribution in [-0.4, -0.2) is 23.7 Å². The van der Waals surface area contributed by atoms with Crippen LogP contribution in [0.15, 0.2) is 53.6 Å². The van der Waals surface area contributed by atoms with E-state index in [1.807, 2.05) is 6.07 Å². The quantitative estimate of drug-likeness (QED) is 0.497. The van der Waals surface area contributed by atoms with Gasteiger partial charge >= 0.3 is 0 Å². The minimum absolute atomic E-state index is 0.0290. The fourth-order valence-electron chi connectivity index (χ4n) is 1.73. The van der Waals surface area contributed by atoms with Crippen LogP contribution in [0, 0.1) is 21.4 Å². The molecule has 2 aromatic rings. The number of nitrogens with one attached hydrogen (secondary N) is 1. The number of nitro groups is 1. The van der Waals surface area contributed by atoms with Crippen molar-refractivity contribution >= 4 is 17.8 Å². The Morgan fingerprint density at radius 1 is 1.25 bits per heavy atom. The van der Waals surface area contributed by atoms with Crippen LogP contribution in [0.3, 0.4) is 0 Å². The second-order valence-corrected chi connectivity index (χ2v) is 4.52. The van der Waals surface area contributed by atoms with Crippen molar-refractivity contribution < 1.29 is 14.5 Å². The topological polar surface area (TPSA) is 118 Å². The normalized spacial score (nSPS) is 10.1. The first kappa shape index (κ1) is 16.6. The maximum Gasteiger partial charge on any atom is 0.271 e. The van der Waals surface area contributed by atoms with E-state index in [2.05, 4.69) is 10.5 Å². The highest BCUT2D eigenvalue weighted by molar-refractivity contribution is 5.95. The molecule has 0 bridgehead atoms. The molecule has 8 heteroatoms. The van der Waals surface area contributed by atoms with Gasteiger partial charge in [-0.2, -0.15) is 10.4 Å². The highest BCUT2D eigenvalue weighted by Crippen LogP contribution is 2.12. The number of ether oxygens (including phenoxy) is 1. The van der Waals surface area contributed by atoms with Crippen LogP contribution in [0.4, 0.5) is 5.69 Å². The third-order valence-corrected chi connectivity index (χ3v) is 2.90. The number of nitrogens with zero attached hydrogens (tertiary/aromatic N) is 3. The van der Waals surface area contributed by atoms with Crippen molar-refractivity contribution in [1.29, 1.82) is 5.26 Å². The Bertz CT molecular complexity index is 792. The Balaban J connectivity index is 1.92. The van der Waals surface area contributed by atoms with E-state index < -0.39 is 10.8 Å². The molecule has 0 unspecified atom stereocenters. The first-order valence-electron chi connectivity index (χ1n) is 6.78. The number of nitriles is 1. The van der Waals surface area contributed by atoms with Gasteiger partial charge in [-0.1, -0.05) is 0 Å². The van der Waals surface area contributed by atoms with Crippen LogP contribution in [-0.2, 0) is 0 Å². The highest BCUT2D eigenvalue weighted by atomic mass is 16.6. The van der Waals surface area contributed by atoms with Gasteiger partial charge in [-0.15, -0.1) is 0 Å². The van der Waals surface area contributed by atoms with Crippen LogP contribution in [0.5, 0.6) is 5.75 Å². The van der Waals surface area contributed by atoms with Crippen molar-refractivity contribution in [3.63, 3.8) is 0 Å². The molecule has 2 rings (SSSR count). The zero-order valence-corrected chi connectivity index (χ0v) is 12.4. The van der Waals surface area contributed by atoms with E-state index in [9.17, 15) is 14.9 Å². The van der Waals surface area contributed by atoms with Gasteiger partial charge in [0, 0.05) is 17.7 Å². The highest BCUT2D eigenvalue weighted by Gasteiger charge is 2.08. The number of carbonyl (C=O) groups excluding carboxylic acids is 1. The summed E-state index contributed by atoms with van der Waals surface area (Å²) in [7, 11) is 0. The van der Waals surface area contributed by atoms with Crippen molar-refractivity contribution in [2.75, 3.05) is 6.61 Å². The Labute approximate surface area is 137 Å². The van der Waals surface area contributed by atoms with E-state index in [0.717, 1.165) is 5.56 Å². The van der Waals surface area contributed by atoms with Crippen molar-refractivity contribution in [1.82, 2.24) is 5.43 Å². The van der Waals surface area contributed by atoms with Gasteiger partial charge in [0.05, 0.1) is 11.1 Å². The smallest absolute Gasteiger partial charge is 0.271 e. The van der Waals surface area contributed by atoms with E-state index in [0.29, 0.717) is 5.75 Å². The first-order valence-corrected chi connectivity index (χ1v) is 6.78. The molecule has 0 spiro atoms. The molecule has 0 aliphatic heterocycles. The molecular weight excluding hydrogens is 312 g/mol. The molecule has 0 fully saturated rings. The average Bonchev–Trinajstić information content (AvgIpc) is 2.61. The Morgan fingerprint density at radius 2 is 1.92 bits per heavy atom. The summed E-state index contributed by atoms with van der Waals surface area (Å²) in [5, 5.41) is 22.8.